The summed E-state index contributed by atoms with van der Waals surface area (Å²) < 4.78 is 0. The molecule has 1 aromatic carbocycles. The van der Waals surface area contributed by atoms with Crippen LogP contribution in [0.25, 0.3) is 0 Å². The van der Waals surface area contributed by atoms with Gasteiger partial charge in [0.05, 0.1) is 17.2 Å². The lowest BCUT2D eigenvalue weighted by Gasteiger charge is -2.06. The number of halogens is 1. The molecule has 76 valence electrons. The summed E-state index contributed by atoms with van der Waals surface area (Å²) in [5.41, 5.74) is 0.676. The minimum absolute atomic E-state index is 0.00890. The van der Waals surface area contributed by atoms with Gasteiger partial charge in [-0.15, -0.1) is 0 Å². The molecule has 0 radical (unpaired) electrons. The third kappa shape index (κ3) is 2.61. The SMILES string of the molecule is O=C(O)c1cc(NCCO)ccc1Cl. The number of anilines is 1. The fourth-order valence-electron chi connectivity index (χ4n) is 0.999. The molecule has 0 saturated heterocycles. The number of hydrogen-bond donors (Lipinski definition) is 3. The number of aromatic carboxylic acids is 1. The number of benzene rings is 1. The van der Waals surface area contributed by atoms with Crippen molar-refractivity contribution >= 4 is 23.3 Å². The molecule has 1 aromatic rings. The summed E-state index contributed by atoms with van der Waals surface area (Å²) in [6, 6.07) is 4.59. The van der Waals surface area contributed by atoms with Crippen LogP contribution >= 0.6 is 11.6 Å². The molecular formula is C9H10ClNO3. The normalized spacial score (nSPS) is 9.86. The number of carboxylic acids is 1. The largest absolute Gasteiger partial charge is 0.478 e. The van der Waals surface area contributed by atoms with Crippen LogP contribution in [0.3, 0.4) is 0 Å². The van der Waals surface area contributed by atoms with E-state index in [1.165, 1.54) is 12.1 Å². The molecule has 0 fully saturated rings. The highest BCUT2D eigenvalue weighted by Crippen LogP contribution is 2.20. The molecule has 0 atom stereocenters. The summed E-state index contributed by atoms with van der Waals surface area (Å²) in [7, 11) is 0. The quantitative estimate of drug-likeness (QED) is 0.711. The van der Waals surface area contributed by atoms with E-state index in [4.69, 9.17) is 21.8 Å². The lowest BCUT2D eigenvalue weighted by molar-refractivity contribution is 0.0697. The molecule has 0 heterocycles. The Labute approximate surface area is 86.1 Å². The first-order valence-corrected chi connectivity index (χ1v) is 4.40. The van der Waals surface area contributed by atoms with Crippen molar-refractivity contribution in [3.8, 4) is 0 Å². The average Bonchev–Trinajstić information content (AvgIpc) is 2.16. The van der Waals surface area contributed by atoms with E-state index in [9.17, 15) is 4.79 Å². The van der Waals surface area contributed by atoms with E-state index in [2.05, 4.69) is 5.32 Å². The minimum Gasteiger partial charge on any atom is -0.478 e. The summed E-state index contributed by atoms with van der Waals surface area (Å²) in [5.74, 6) is -1.07. The van der Waals surface area contributed by atoms with Crippen molar-refractivity contribution < 1.29 is 15.0 Å². The van der Waals surface area contributed by atoms with Crippen molar-refractivity contribution in [3.63, 3.8) is 0 Å². The summed E-state index contributed by atoms with van der Waals surface area (Å²) in [6.45, 7) is 0.367. The van der Waals surface area contributed by atoms with Crippen LogP contribution in [0.1, 0.15) is 10.4 Å². The number of hydrogen-bond acceptors (Lipinski definition) is 3. The molecule has 0 aliphatic heterocycles. The van der Waals surface area contributed by atoms with Gasteiger partial charge in [0.15, 0.2) is 0 Å². The van der Waals surface area contributed by atoms with Crippen LogP contribution in [0, 0.1) is 0 Å². The molecular weight excluding hydrogens is 206 g/mol. The zero-order valence-corrected chi connectivity index (χ0v) is 8.08. The molecule has 0 spiro atoms. The van der Waals surface area contributed by atoms with Crippen molar-refractivity contribution in [1.29, 1.82) is 0 Å². The molecule has 0 unspecified atom stereocenters. The maximum absolute atomic E-state index is 10.7. The van der Waals surface area contributed by atoms with Gasteiger partial charge in [-0.2, -0.15) is 0 Å². The highest BCUT2D eigenvalue weighted by molar-refractivity contribution is 6.33. The van der Waals surface area contributed by atoms with Crippen LogP contribution in [0.15, 0.2) is 18.2 Å². The van der Waals surface area contributed by atoms with Gasteiger partial charge >= 0.3 is 5.97 Å². The van der Waals surface area contributed by atoms with E-state index in [1.54, 1.807) is 6.07 Å². The monoisotopic (exact) mass is 215 g/mol. The van der Waals surface area contributed by atoms with E-state index >= 15 is 0 Å². The number of nitrogens with one attached hydrogen (secondary N) is 1. The molecule has 5 heteroatoms. The maximum atomic E-state index is 10.7. The first-order valence-electron chi connectivity index (χ1n) is 4.02. The van der Waals surface area contributed by atoms with Gasteiger partial charge in [-0.05, 0) is 18.2 Å². The third-order valence-electron chi connectivity index (χ3n) is 1.64. The molecule has 0 saturated carbocycles. The molecule has 0 bridgehead atoms. The van der Waals surface area contributed by atoms with Gasteiger partial charge in [-0.25, -0.2) is 4.79 Å². The van der Waals surface area contributed by atoms with Gasteiger partial charge in [-0.1, -0.05) is 11.6 Å². The van der Waals surface area contributed by atoms with Crippen molar-refractivity contribution in [2.75, 3.05) is 18.5 Å². The van der Waals surface area contributed by atoms with Crippen LogP contribution in [0.4, 0.5) is 5.69 Å². The van der Waals surface area contributed by atoms with Gasteiger partial charge < -0.3 is 15.5 Å². The molecule has 0 aliphatic carbocycles. The first kappa shape index (κ1) is 10.8. The fraction of sp³-hybridized carbons (Fsp3) is 0.222. The highest BCUT2D eigenvalue weighted by Gasteiger charge is 2.08. The maximum Gasteiger partial charge on any atom is 0.337 e. The van der Waals surface area contributed by atoms with Gasteiger partial charge in [0, 0.05) is 12.2 Å². The van der Waals surface area contributed by atoms with Crippen LogP contribution in [0.2, 0.25) is 5.02 Å². The lowest BCUT2D eigenvalue weighted by Crippen LogP contribution is -2.06. The number of carboxylic acid groups (broad SMARTS) is 1. The van der Waals surface area contributed by atoms with Crippen LogP contribution in [0.5, 0.6) is 0 Å². The Kier molecular flexibility index (Phi) is 3.73. The van der Waals surface area contributed by atoms with Crippen LogP contribution in [-0.2, 0) is 0 Å². The van der Waals surface area contributed by atoms with Gasteiger partial charge in [0.2, 0.25) is 0 Å². The Hall–Kier alpha value is -1.26. The average molecular weight is 216 g/mol. The molecule has 4 nitrogen and oxygen atoms in total. The third-order valence-corrected chi connectivity index (χ3v) is 1.97. The zero-order valence-electron chi connectivity index (χ0n) is 7.33. The number of rotatable bonds is 4. The van der Waals surface area contributed by atoms with Gasteiger partial charge in [0.1, 0.15) is 0 Å². The smallest absolute Gasteiger partial charge is 0.337 e. The van der Waals surface area contributed by atoms with E-state index < -0.39 is 5.97 Å². The lowest BCUT2D eigenvalue weighted by atomic mass is 10.2. The van der Waals surface area contributed by atoms with Gasteiger partial charge in [0.25, 0.3) is 0 Å². The number of aliphatic hydroxyl groups excluding tert-OH is 1. The first-order chi connectivity index (χ1) is 6.65. The summed E-state index contributed by atoms with van der Waals surface area (Å²) in [4.78, 5) is 10.7. The molecule has 1 rings (SSSR count). The van der Waals surface area contributed by atoms with Crippen LogP contribution < -0.4 is 5.32 Å². The fourth-order valence-corrected chi connectivity index (χ4v) is 1.20. The Morgan fingerprint density at radius 3 is 2.79 bits per heavy atom. The van der Waals surface area contributed by atoms with Crippen molar-refractivity contribution in [2.45, 2.75) is 0 Å². The summed E-state index contributed by atoms with van der Waals surface area (Å²) >= 11 is 5.67. The molecule has 0 amide bonds. The van der Waals surface area contributed by atoms with Crippen LogP contribution in [-0.4, -0.2) is 29.3 Å². The number of aliphatic hydroxyl groups is 1. The second-order valence-electron chi connectivity index (χ2n) is 2.65. The second-order valence-corrected chi connectivity index (χ2v) is 3.06. The van der Waals surface area contributed by atoms with E-state index in [-0.39, 0.29) is 17.2 Å². The topological polar surface area (TPSA) is 69.6 Å². The molecule has 14 heavy (non-hydrogen) atoms. The predicted molar refractivity (Wildman–Crippen MR) is 54.0 cm³/mol. The molecule has 3 N–H and O–H groups in total. The zero-order chi connectivity index (χ0) is 10.6. The Balaban J connectivity index is 2.89. The highest BCUT2D eigenvalue weighted by atomic mass is 35.5. The van der Waals surface area contributed by atoms with Crippen molar-refractivity contribution in [3.05, 3.63) is 28.8 Å². The summed E-state index contributed by atoms with van der Waals surface area (Å²) in [6.07, 6.45) is 0. The van der Waals surface area contributed by atoms with Crippen molar-refractivity contribution in [2.24, 2.45) is 0 Å². The molecule has 0 aliphatic rings. The Morgan fingerprint density at radius 1 is 1.50 bits per heavy atom. The standard InChI is InChI=1S/C9H10ClNO3/c10-8-2-1-6(11-3-4-12)5-7(8)9(13)14/h1-2,5,11-12H,3-4H2,(H,13,14). The Bertz CT molecular complexity index is 341. The van der Waals surface area contributed by atoms with Crippen molar-refractivity contribution in [1.82, 2.24) is 0 Å². The van der Waals surface area contributed by atoms with E-state index in [0.717, 1.165) is 0 Å². The van der Waals surface area contributed by atoms with Gasteiger partial charge in [-0.3, -0.25) is 0 Å². The predicted octanol–water partition coefficient (Wildman–Crippen LogP) is 1.44. The minimum atomic E-state index is -1.07. The second kappa shape index (κ2) is 4.83. The molecule has 0 aromatic heterocycles. The van der Waals surface area contributed by atoms with E-state index in [1.807, 2.05) is 0 Å². The Morgan fingerprint density at radius 2 is 2.21 bits per heavy atom. The van der Waals surface area contributed by atoms with E-state index in [0.29, 0.717) is 12.2 Å². The number of carbonyl (C=O) groups is 1. The summed E-state index contributed by atoms with van der Waals surface area (Å²) in [5, 5.41) is 20.4.